The molecular weight excluding hydrogens is 316 g/mol. The first-order chi connectivity index (χ1) is 9.51. The molecule has 114 valence electrons. The van der Waals surface area contributed by atoms with Crippen LogP contribution in [0.1, 0.15) is 31.2 Å². The summed E-state index contributed by atoms with van der Waals surface area (Å²) in [5.74, 6) is 0.863. The third-order valence-corrected chi connectivity index (χ3v) is 5.12. The maximum atomic E-state index is 4.58. The van der Waals surface area contributed by atoms with Crippen molar-refractivity contribution in [3.05, 3.63) is 15.9 Å². The summed E-state index contributed by atoms with van der Waals surface area (Å²) in [4.78, 5) is 4.87. The molecule has 1 aromatic rings. The molecule has 0 spiro atoms. The van der Waals surface area contributed by atoms with Crippen LogP contribution in [0, 0.1) is 5.92 Å². The van der Waals surface area contributed by atoms with Gasteiger partial charge in [0.25, 0.3) is 0 Å². The van der Waals surface area contributed by atoms with Gasteiger partial charge in [0.05, 0.1) is 15.9 Å². The smallest absolute Gasteiger partial charge is 0.0767 e. The van der Waals surface area contributed by atoms with Crippen LogP contribution in [0.2, 0.25) is 0 Å². The molecule has 0 aromatic carbocycles. The fourth-order valence-electron chi connectivity index (χ4n) is 3.05. The lowest BCUT2D eigenvalue weighted by Gasteiger charge is -2.33. The van der Waals surface area contributed by atoms with E-state index in [1.165, 1.54) is 48.3 Å². The van der Waals surface area contributed by atoms with Crippen LogP contribution in [0.15, 0.2) is 4.47 Å². The summed E-state index contributed by atoms with van der Waals surface area (Å²) >= 11 is 3.72. The van der Waals surface area contributed by atoms with Crippen LogP contribution in [0.3, 0.4) is 0 Å². The van der Waals surface area contributed by atoms with Gasteiger partial charge in [-0.15, -0.1) is 0 Å². The van der Waals surface area contributed by atoms with Gasteiger partial charge in [0.1, 0.15) is 0 Å². The van der Waals surface area contributed by atoms with E-state index in [4.69, 9.17) is 0 Å². The Bertz CT molecular complexity index is 433. The number of piperidine rings is 1. The summed E-state index contributed by atoms with van der Waals surface area (Å²) in [5, 5.41) is 4.58. The molecule has 0 unspecified atom stereocenters. The average Bonchev–Trinajstić information content (AvgIpc) is 2.67. The number of likely N-dealkylation sites (tertiary alicyclic amines) is 1. The van der Waals surface area contributed by atoms with Crippen molar-refractivity contribution in [3.8, 4) is 0 Å². The van der Waals surface area contributed by atoms with Crippen LogP contribution in [0.4, 0.5) is 0 Å². The lowest BCUT2D eigenvalue weighted by Crippen LogP contribution is -2.37. The molecule has 2 heterocycles. The van der Waals surface area contributed by atoms with Gasteiger partial charge in [-0.2, -0.15) is 5.10 Å². The lowest BCUT2D eigenvalue weighted by atomic mass is 9.96. The number of aryl methyl sites for hydroxylation is 2. The number of hydrogen-bond acceptors (Lipinski definition) is 3. The standard InChI is InChI=1S/C15H27BrN4/c1-5-13-15(16)14(19(4)17-13)11-20-8-6-12(7-9-20)10-18(2)3/h12H,5-11H2,1-4H3. The normalized spacial score (nSPS) is 18.1. The Hall–Kier alpha value is -0.390. The molecule has 1 aliphatic rings. The number of rotatable bonds is 5. The summed E-state index contributed by atoms with van der Waals surface area (Å²) in [6, 6.07) is 0. The largest absolute Gasteiger partial charge is 0.309 e. The third-order valence-electron chi connectivity index (χ3n) is 4.21. The molecule has 0 radical (unpaired) electrons. The minimum absolute atomic E-state index is 0.863. The second-order valence-corrected chi connectivity index (χ2v) is 6.96. The molecule has 5 heteroatoms. The van der Waals surface area contributed by atoms with E-state index in [0.29, 0.717) is 0 Å². The van der Waals surface area contributed by atoms with Crippen LogP contribution < -0.4 is 0 Å². The molecule has 1 aliphatic heterocycles. The van der Waals surface area contributed by atoms with Gasteiger partial charge in [-0.3, -0.25) is 9.58 Å². The van der Waals surface area contributed by atoms with Gasteiger partial charge in [0, 0.05) is 20.1 Å². The second-order valence-electron chi connectivity index (χ2n) is 6.17. The van der Waals surface area contributed by atoms with Gasteiger partial charge in [-0.1, -0.05) is 6.92 Å². The maximum absolute atomic E-state index is 4.58. The second kappa shape index (κ2) is 7.05. The zero-order chi connectivity index (χ0) is 14.7. The summed E-state index contributed by atoms with van der Waals surface area (Å²) in [6.45, 7) is 6.81. The van der Waals surface area contributed by atoms with Crippen molar-refractivity contribution in [2.24, 2.45) is 13.0 Å². The van der Waals surface area contributed by atoms with E-state index in [2.05, 4.69) is 58.9 Å². The van der Waals surface area contributed by atoms with Crippen LogP contribution in [0.25, 0.3) is 0 Å². The van der Waals surface area contributed by atoms with Gasteiger partial charge >= 0.3 is 0 Å². The van der Waals surface area contributed by atoms with Crippen LogP contribution >= 0.6 is 15.9 Å². The van der Waals surface area contributed by atoms with Gasteiger partial charge in [0.15, 0.2) is 0 Å². The van der Waals surface area contributed by atoms with Gasteiger partial charge in [0.2, 0.25) is 0 Å². The molecular formula is C15H27BrN4. The molecule has 0 atom stereocenters. The monoisotopic (exact) mass is 342 g/mol. The molecule has 4 nitrogen and oxygen atoms in total. The van der Waals surface area contributed by atoms with Crippen molar-refractivity contribution < 1.29 is 0 Å². The van der Waals surface area contributed by atoms with Crippen molar-refractivity contribution in [2.45, 2.75) is 32.7 Å². The highest BCUT2D eigenvalue weighted by atomic mass is 79.9. The zero-order valence-corrected chi connectivity index (χ0v) is 14.8. The van der Waals surface area contributed by atoms with Crippen molar-refractivity contribution >= 4 is 15.9 Å². The Morgan fingerprint density at radius 2 is 1.95 bits per heavy atom. The molecule has 0 N–H and O–H groups in total. The lowest BCUT2D eigenvalue weighted by molar-refractivity contribution is 0.154. The van der Waals surface area contributed by atoms with E-state index in [9.17, 15) is 0 Å². The molecule has 0 amide bonds. The highest BCUT2D eigenvalue weighted by Crippen LogP contribution is 2.25. The average molecular weight is 343 g/mol. The topological polar surface area (TPSA) is 24.3 Å². The molecule has 0 bridgehead atoms. The molecule has 1 fully saturated rings. The Kier molecular flexibility index (Phi) is 5.64. The first-order valence-corrected chi connectivity index (χ1v) is 8.37. The predicted octanol–water partition coefficient (Wildman–Crippen LogP) is 2.52. The zero-order valence-electron chi connectivity index (χ0n) is 13.2. The first kappa shape index (κ1) is 16.0. The number of aromatic nitrogens is 2. The van der Waals surface area contributed by atoms with E-state index in [0.717, 1.165) is 18.9 Å². The first-order valence-electron chi connectivity index (χ1n) is 7.58. The van der Waals surface area contributed by atoms with Crippen LogP contribution in [-0.2, 0) is 20.0 Å². The van der Waals surface area contributed by atoms with Gasteiger partial charge in [-0.25, -0.2) is 0 Å². The minimum atomic E-state index is 0.863. The van der Waals surface area contributed by atoms with E-state index >= 15 is 0 Å². The minimum Gasteiger partial charge on any atom is -0.309 e. The Morgan fingerprint density at radius 1 is 1.30 bits per heavy atom. The quantitative estimate of drug-likeness (QED) is 0.821. The molecule has 0 saturated carbocycles. The Morgan fingerprint density at radius 3 is 2.45 bits per heavy atom. The molecule has 0 aliphatic carbocycles. The Balaban J connectivity index is 1.91. The maximum Gasteiger partial charge on any atom is 0.0767 e. The van der Waals surface area contributed by atoms with Gasteiger partial charge in [-0.05, 0) is 68.3 Å². The molecule has 1 aromatic heterocycles. The van der Waals surface area contributed by atoms with Crippen molar-refractivity contribution in [2.75, 3.05) is 33.7 Å². The summed E-state index contributed by atoms with van der Waals surface area (Å²) in [7, 11) is 6.40. The molecule has 2 rings (SSSR count). The summed E-state index contributed by atoms with van der Waals surface area (Å²) in [6.07, 6.45) is 3.61. The highest BCUT2D eigenvalue weighted by molar-refractivity contribution is 9.10. The van der Waals surface area contributed by atoms with E-state index in [1.54, 1.807) is 0 Å². The van der Waals surface area contributed by atoms with Crippen molar-refractivity contribution in [1.29, 1.82) is 0 Å². The fourth-order valence-corrected chi connectivity index (χ4v) is 3.79. The Labute approximate surface area is 131 Å². The van der Waals surface area contributed by atoms with E-state index in [1.807, 2.05) is 4.68 Å². The van der Waals surface area contributed by atoms with Crippen LogP contribution in [0.5, 0.6) is 0 Å². The molecule has 1 saturated heterocycles. The van der Waals surface area contributed by atoms with Crippen molar-refractivity contribution in [3.63, 3.8) is 0 Å². The van der Waals surface area contributed by atoms with E-state index < -0.39 is 0 Å². The van der Waals surface area contributed by atoms with Crippen molar-refractivity contribution in [1.82, 2.24) is 19.6 Å². The number of hydrogen-bond donors (Lipinski definition) is 0. The molecule has 20 heavy (non-hydrogen) atoms. The number of halogens is 1. The highest BCUT2D eigenvalue weighted by Gasteiger charge is 2.22. The van der Waals surface area contributed by atoms with Crippen LogP contribution in [-0.4, -0.2) is 53.3 Å². The summed E-state index contributed by atoms with van der Waals surface area (Å²) in [5.41, 5.74) is 2.48. The SMILES string of the molecule is CCc1nn(C)c(CN2CCC(CN(C)C)CC2)c1Br. The number of nitrogens with zero attached hydrogens (tertiary/aromatic N) is 4. The summed E-state index contributed by atoms with van der Waals surface area (Å²) < 4.78 is 3.24. The fraction of sp³-hybridized carbons (Fsp3) is 0.800. The van der Waals surface area contributed by atoms with E-state index in [-0.39, 0.29) is 0 Å². The van der Waals surface area contributed by atoms with Gasteiger partial charge < -0.3 is 4.90 Å². The third kappa shape index (κ3) is 3.83. The predicted molar refractivity (Wildman–Crippen MR) is 86.8 cm³/mol.